The average molecular weight is 462 g/mol. The number of carbonyl (C=O) groups is 2. The Labute approximate surface area is 190 Å². The van der Waals surface area contributed by atoms with Gasteiger partial charge < -0.3 is 14.6 Å². The lowest BCUT2D eigenvalue weighted by atomic mass is 10.1. The average Bonchev–Trinajstić information content (AvgIpc) is 2.98. The molecule has 170 valence electrons. The van der Waals surface area contributed by atoms with Gasteiger partial charge in [0.1, 0.15) is 11.6 Å². The monoisotopic (exact) mass is 461 g/mol. The fourth-order valence-corrected chi connectivity index (χ4v) is 3.67. The molecule has 0 aliphatic carbocycles. The van der Waals surface area contributed by atoms with E-state index in [2.05, 4.69) is 23.7 Å². The SMILES string of the molecule is Cc1cc(/C=C(\C#N)C(=O)OCC(=O)Nc2ccccc2SC(F)F)c(C)n1CC(C)C. The van der Waals surface area contributed by atoms with E-state index in [1.807, 2.05) is 26.0 Å². The lowest BCUT2D eigenvalue weighted by Crippen LogP contribution is -2.21. The smallest absolute Gasteiger partial charge is 0.349 e. The van der Waals surface area contributed by atoms with Crippen LogP contribution >= 0.6 is 11.8 Å². The highest BCUT2D eigenvalue weighted by Crippen LogP contribution is 2.31. The van der Waals surface area contributed by atoms with Crippen molar-refractivity contribution in [2.45, 2.75) is 44.9 Å². The third-order valence-corrected chi connectivity index (χ3v) is 5.30. The number of hydrogen-bond donors (Lipinski definition) is 1. The standard InChI is InChI=1S/C23H25F2N3O3S/c1-14(2)12-28-15(3)9-17(16(28)4)10-18(11-26)22(30)31-13-21(29)27-19-7-5-6-8-20(19)32-23(24)25/h5-10,14,23H,12-13H2,1-4H3,(H,27,29)/b18-10+. The Kier molecular flexibility index (Phi) is 9.02. The number of amides is 1. The molecule has 0 bridgehead atoms. The van der Waals surface area contributed by atoms with E-state index in [9.17, 15) is 23.6 Å². The third-order valence-electron chi connectivity index (χ3n) is 4.51. The van der Waals surface area contributed by atoms with Crippen LogP contribution in [0.2, 0.25) is 0 Å². The summed E-state index contributed by atoms with van der Waals surface area (Å²) in [5.41, 5.74) is 2.60. The first-order valence-corrected chi connectivity index (χ1v) is 10.8. The van der Waals surface area contributed by atoms with Crippen LogP contribution in [0.15, 0.2) is 40.8 Å². The van der Waals surface area contributed by atoms with E-state index in [-0.39, 0.29) is 16.2 Å². The Morgan fingerprint density at radius 2 is 1.97 bits per heavy atom. The molecule has 0 aliphatic rings. The molecule has 6 nitrogen and oxygen atoms in total. The van der Waals surface area contributed by atoms with Gasteiger partial charge in [0.15, 0.2) is 6.61 Å². The predicted molar refractivity (Wildman–Crippen MR) is 120 cm³/mol. The number of hydrogen-bond acceptors (Lipinski definition) is 5. The van der Waals surface area contributed by atoms with Crippen LogP contribution in [-0.2, 0) is 20.9 Å². The first kappa shape index (κ1) is 25.1. The number of alkyl halides is 2. The second-order valence-electron chi connectivity index (χ2n) is 7.50. The predicted octanol–water partition coefficient (Wildman–Crippen LogP) is 5.16. The molecule has 0 aliphatic heterocycles. The molecule has 9 heteroatoms. The Morgan fingerprint density at radius 1 is 1.28 bits per heavy atom. The van der Waals surface area contributed by atoms with E-state index >= 15 is 0 Å². The van der Waals surface area contributed by atoms with E-state index in [0.29, 0.717) is 17.7 Å². The van der Waals surface area contributed by atoms with E-state index in [4.69, 9.17) is 4.74 Å². The van der Waals surface area contributed by atoms with Gasteiger partial charge in [0.2, 0.25) is 0 Å². The maximum atomic E-state index is 12.7. The molecular formula is C23H25F2N3O3S. The quantitative estimate of drug-likeness (QED) is 0.241. The Hall–Kier alpha value is -3.12. The number of halogens is 2. The second kappa shape index (κ2) is 11.5. The molecule has 2 aromatic rings. The number of anilines is 1. The number of nitrogens with zero attached hydrogens (tertiary/aromatic N) is 2. The van der Waals surface area contributed by atoms with Gasteiger partial charge in [0, 0.05) is 22.8 Å². The number of benzene rings is 1. The Morgan fingerprint density at radius 3 is 2.59 bits per heavy atom. The molecule has 1 aromatic carbocycles. The number of nitriles is 1. The van der Waals surface area contributed by atoms with Crippen LogP contribution in [0.5, 0.6) is 0 Å². The number of ether oxygens (including phenoxy) is 1. The first-order chi connectivity index (χ1) is 15.1. The van der Waals surface area contributed by atoms with Gasteiger partial charge in [-0.25, -0.2) is 4.79 Å². The Balaban J connectivity index is 2.06. The van der Waals surface area contributed by atoms with Crippen molar-refractivity contribution in [3.05, 3.63) is 52.9 Å². The number of nitrogens with one attached hydrogen (secondary N) is 1. The van der Waals surface area contributed by atoms with Crippen LogP contribution < -0.4 is 5.32 Å². The topological polar surface area (TPSA) is 84.1 Å². The molecule has 1 heterocycles. The number of esters is 1. The lowest BCUT2D eigenvalue weighted by Gasteiger charge is -2.12. The molecule has 0 atom stereocenters. The maximum absolute atomic E-state index is 12.7. The zero-order valence-corrected chi connectivity index (χ0v) is 19.1. The zero-order chi connectivity index (χ0) is 23.8. The van der Waals surface area contributed by atoms with Gasteiger partial charge in [0.25, 0.3) is 11.7 Å². The summed E-state index contributed by atoms with van der Waals surface area (Å²) < 4.78 is 32.4. The van der Waals surface area contributed by atoms with Crippen LogP contribution in [0.1, 0.15) is 30.8 Å². The molecule has 1 aromatic heterocycles. The van der Waals surface area contributed by atoms with Gasteiger partial charge in [-0.3, -0.25) is 4.79 Å². The van der Waals surface area contributed by atoms with E-state index in [1.165, 1.54) is 18.2 Å². The van der Waals surface area contributed by atoms with Crippen molar-refractivity contribution in [1.82, 2.24) is 4.57 Å². The van der Waals surface area contributed by atoms with Gasteiger partial charge in [-0.15, -0.1) is 0 Å². The molecule has 32 heavy (non-hydrogen) atoms. The van der Waals surface area contributed by atoms with Gasteiger partial charge in [-0.2, -0.15) is 14.0 Å². The normalized spacial score (nSPS) is 11.5. The van der Waals surface area contributed by atoms with Crippen LogP contribution in [0.3, 0.4) is 0 Å². The summed E-state index contributed by atoms with van der Waals surface area (Å²) in [4.78, 5) is 24.7. The number of thioether (sulfide) groups is 1. The molecule has 1 amide bonds. The second-order valence-corrected chi connectivity index (χ2v) is 8.53. The van der Waals surface area contributed by atoms with Gasteiger partial charge in [-0.1, -0.05) is 37.7 Å². The number of aryl methyl sites for hydroxylation is 1. The third kappa shape index (κ3) is 6.95. The van der Waals surface area contributed by atoms with Crippen molar-refractivity contribution in [3.8, 4) is 6.07 Å². The van der Waals surface area contributed by atoms with Gasteiger partial charge in [0.05, 0.1) is 5.69 Å². The Bertz CT molecular complexity index is 1060. The summed E-state index contributed by atoms with van der Waals surface area (Å²) in [6.45, 7) is 8.21. The molecule has 0 saturated carbocycles. The minimum absolute atomic E-state index is 0.187. The van der Waals surface area contributed by atoms with Crippen LogP contribution in [0.4, 0.5) is 14.5 Å². The zero-order valence-electron chi connectivity index (χ0n) is 18.3. The molecule has 0 saturated heterocycles. The van der Waals surface area contributed by atoms with Gasteiger partial charge >= 0.3 is 5.97 Å². The highest BCUT2D eigenvalue weighted by Gasteiger charge is 2.17. The fourth-order valence-electron chi connectivity index (χ4n) is 3.08. The minimum Gasteiger partial charge on any atom is -0.451 e. The number of rotatable bonds is 9. The van der Waals surface area contributed by atoms with Crippen molar-refractivity contribution in [2.75, 3.05) is 11.9 Å². The fraction of sp³-hybridized carbons (Fsp3) is 0.348. The summed E-state index contributed by atoms with van der Waals surface area (Å²) in [6, 6.07) is 9.77. The van der Waals surface area contributed by atoms with Gasteiger partial charge in [-0.05, 0) is 49.6 Å². The molecular weight excluding hydrogens is 436 g/mol. The molecule has 1 N–H and O–H groups in total. The largest absolute Gasteiger partial charge is 0.451 e. The molecule has 2 rings (SSSR count). The summed E-state index contributed by atoms with van der Waals surface area (Å²) in [5.74, 6) is -3.85. The van der Waals surface area contributed by atoms with E-state index < -0.39 is 24.2 Å². The van der Waals surface area contributed by atoms with Crippen molar-refractivity contribution < 1.29 is 23.1 Å². The maximum Gasteiger partial charge on any atom is 0.349 e. The van der Waals surface area contributed by atoms with E-state index in [1.54, 1.807) is 12.1 Å². The highest BCUT2D eigenvalue weighted by atomic mass is 32.2. The number of carbonyl (C=O) groups excluding carboxylic acids is 2. The highest BCUT2D eigenvalue weighted by molar-refractivity contribution is 7.99. The summed E-state index contributed by atoms with van der Waals surface area (Å²) in [7, 11) is 0. The summed E-state index contributed by atoms with van der Waals surface area (Å²) >= 11 is 0.299. The van der Waals surface area contributed by atoms with E-state index in [0.717, 1.165) is 23.5 Å². The summed E-state index contributed by atoms with van der Waals surface area (Å²) in [5, 5.41) is 11.8. The number of aromatic nitrogens is 1. The van der Waals surface area contributed by atoms with Crippen molar-refractivity contribution in [2.24, 2.45) is 5.92 Å². The van der Waals surface area contributed by atoms with Crippen LogP contribution in [-0.4, -0.2) is 28.8 Å². The molecule has 0 fully saturated rings. The first-order valence-electron chi connectivity index (χ1n) is 9.91. The van der Waals surface area contributed by atoms with Crippen molar-refractivity contribution in [1.29, 1.82) is 5.26 Å². The minimum atomic E-state index is -2.64. The van der Waals surface area contributed by atoms with Crippen molar-refractivity contribution >= 4 is 35.4 Å². The molecule has 0 radical (unpaired) electrons. The lowest BCUT2D eigenvalue weighted by molar-refractivity contribution is -0.142. The molecule has 0 unspecified atom stereocenters. The van der Waals surface area contributed by atoms with Crippen LogP contribution in [0, 0.1) is 31.1 Å². The molecule has 0 spiro atoms. The van der Waals surface area contributed by atoms with Crippen molar-refractivity contribution in [3.63, 3.8) is 0 Å². The van der Waals surface area contributed by atoms with Crippen LogP contribution in [0.25, 0.3) is 6.08 Å². The summed E-state index contributed by atoms with van der Waals surface area (Å²) in [6.07, 6.45) is 1.44. The number of para-hydroxylation sites is 1.